The number of carbonyl (C=O) groups is 4. The summed E-state index contributed by atoms with van der Waals surface area (Å²) < 4.78 is 11.3. The first kappa shape index (κ1) is 26.4. The zero-order valence-corrected chi connectivity index (χ0v) is 21.4. The molecule has 0 unspecified atom stereocenters. The molecule has 1 atom stereocenters. The molecule has 0 radical (unpaired) electrons. The number of nitrogens with one attached hydrogen (secondary N) is 1. The van der Waals surface area contributed by atoms with Gasteiger partial charge in [-0.15, -0.1) is 0 Å². The van der Waals surface area contributed by atoms with E-state index in [1.165, 1.54) is 4.90 Å². The molecule has 0 aliphatic carbocycles. The van der Waals surface area contributed by atoms with Gasteiger partial charge in [-0.25, -0.2) is 4.79 Å². The highest BCUT2D eigenvalue weighted by atomic mass is 79.9. The Kier molecular flexibility index (Phi) is 9.42. The molecular weight excluding hydrogens is 516 g/mol. The molecule has 1 saturated heterocycles. The van der Waals surface area contributed by atoms with E-state index in [1.807, 2.05) is 26.0 Å². The summed E-state index contributed by atoms with van der Waals surface area (Å²) in [5, 5.41) is 2.76. The normalized spacial score (nSPS) is 15.1. The quantitative estimate of drug-likeness (QED) is 0.349. The van der Waals surface area contributed by atoms with Crippen molar-refractivity contribution in [3.8, 4) is 0 Å². The first-order valence-corrected chi connectivity index (χ1v) is 12.4. The fraction of sp³-hybridized carbons (Fsp3) is 0.385. The molecule has 2 amide bonds. The average Bonchev–Trinajstić information content (AvgIpc) is 3.25. The van der Waals surface area contributed by atoms with E-state index >= 15 is 0 Å². The molecule has 0 aromatic heterocycles. The summed E-state index contributed by atoms with van der Waals surface area (Å²) in [5.41, 5.74) is 2.60. The number of carbonyl (C=O) groups excluding carboxylic acids is 4. The van der Waals surface area contributed by atoms with E-state index in [0.717, 1.165) is 29.3 Å². The third-order valence-corrected chi connectivity index (χ3v) is 6.17. The van der Waals surface area contributed by atoms with Crippen LogP contribution in [0.1, 0.15) is 49.0 Å². The van der Waals surface area contributed by atoms with Crippen LogP contribution in [0.4, 0.5) is 11.4 Å². The zero-order valence-electron chi connectivity index (χ0n) is 19.8. The molecule has 9 heteroatoms. The van der Waals surface area contributed by atoms with Gasteiger partial charge >= 0.3 is 11.9 Å². The summed E-state index contributed by atoms with van der Waals surface area (Å²) in [5.74, 6) is -2.35. The molecule has 1 aliphatic heterocycles. The number of hydrogen-bond acceptors (Lipinski definition) is 6. The van der Waals surface area contributed by atoms with Crippen LogP contribution in [-0.4, -0.2) is 43.5 Å². The van der Waals surface area contributed by atoms with Crippen LogP contribution < -0.4 is 10.2 Å². The van der Waals surface area contributed by atoms with Crippen LogP contribution in [0.5, 0.6) is 0 Å². The number of anilines is 2. The number of esters is 2. The van der Waals surface area contributed by atoms with Gasteiger partial charge in [-0.2, -0.15) is 0 Å². The number of halogens is 1. The maximum absolute atomic E-state index is 12.5. The maximum atomic E-state index is 12.5. The minimum atomic E-state index is -0.673. The Morgan fingerprint density at radius 2 is 1.83 bits per heavy atom. The van der Waals surface area contributed by atoms with E-state index in [9.17, 15) is 19.2 Å². The first-order valence-electron chi connectivity index (χ1n) is 11.6. The summed E-state index contributed by atoms with van der Waals surface area (Å²) in [7, 11) is 0. The summed E-state index contributed by atoms with van der Waals surface area (Å²) in [6.07, 6.45) is 2.46. The lowest BCUT2D eigenvalue weighted by molar-refractivity contribution is -0.151. The highest BCUT2D eigenvalue weighted by Crippen LogP contribution is 2.26. The van der Waals surface area contributed by atoms with Crippen molar-refractivity contribution in [3.05, 3.63) is 58.1 Å². The number of nitrogens with zero attached hydrogens (tertiary/aromatic N) is 1. The number of amides is 2. The molecule has 186 valence electrons. The molecule has 2 aromatic carbocycles. The standard InChI is InChI=1S/C26H29BrN2O6/c1-3-5-12-34-25(32)18-6-9-21(10-7-18)29-15-19(14-24(29)31)26(33)35-16-23(30)28-22-11-8-20(27)13-17(22)4-2/h6-11,13,19H,3-5,12,14-16H2,1-2H3,(H,28,30)/t19-/m0/s1. The summed E-state index contributed by atoms with van der Waals surface area (Å²) >= 11 is 3.40. The van der Waals surface area contributed by atoms with E-state index < -0.39 is 30.4 Å². The Balaban J connectivity index is 1.51. The molecule has 1 aliphatic rings. The van der Waals surface area contributed by atoms with E-state index in [-0.39, 0.29) is 18.9 Å². The number of benzene rings is 2. The van der Waals surface area contributed by atoms with Crippen molar-refractivity contribution in [1.82, 2.24) is 0 Å². The molecule has 3 rings (SSSR count). The second-order valence-electron chi connectivity index (χ2n) is 8.25. The predicted molar refractivity (Wildman–Crippen MR) is 135 cm³/mol. The number of rotatable bonds is 10. The van der Waals surface area contributed by atoms with Crippen molar-refractivity contribution in [1.29, 1.82) is 0 Å². The summed E-state index contributed by atoms with van der Waals surface area (Å²) in [6, 6.07) is 12.0. The smallest absolute Gasteiger partial charge is 0.338 e. The molecule has 1 fully saturated rings. The lowest BCUT2D eigenvalue weighted by Gasteiger charge is -2.17. The lowest BCUT2D eigenvalue weighted by Crippen LogP contribution is -2.28. The van der Waals surface area contributed by atoms with Gasteiger partial charge in [0.1, 0.15) is 0 Å². The number of hydrogen-bond donors (Lipinski definition) is 1. The van der Waals surface area contributed by atoms with Crippen LogP contribution in [0.3, 0.4) is 0 Å². The van der Waals surface area contributed by atoms with Crippen LogP contribution in [0.25, 0.3) is 0 Å². The molecule has 8 nitrogen and oxygen atoms in total. The van der Waals surface area contributed by atoms with Crippen LogP contribution >= 0.6 is 15.9 Å². The van der Waals surface area contributed by atoms with Crippen molar-refractivity contribution in [2.75, 3.05) is 30.0 Å². The minimum Gasteiger partial charge on any atom is -0.462 e. The Bertz CT molecular complexity index is 1090. The van der Waals surface area contributed by atoms with Crippen LogP contribution in [0, 0.1) is 5.92 Å². The van der Waals surface area contributed by atoms with E-state index in [0.29, 0.717) is 23.5 Å². The van der Waals surface area contributed by atoms with Crippen LogP contribution in [0.2, 0.25) is 0 Å². The topological polar surface area (TPSA) is 102 Å². The molecule has 1 N–H and O–H groups in total. The highest BCUT2D eigenvalue weighted by Gasteiger charge is 2.36. The molecule has 1 heterocycles. The van der Waals surface area contributed by atoms with Gasteiger partial charge in [-0.1, -0.05) is 36.2 Å². The Morgan fingerprint density at radius 3 is 2.51 bits per heavy atom. The Labute approximate surface area is 213 Å². The van der Waals surface area contributed by atoms with Crippen molar-refractivity contribution < 1.29 is 28.7 Å². The zero-order chi connectivity index (χ0) is 25.4. The number of ether oxygens (including phenoxy) is 2. The van der Waals surface area contributed by atoms with E-state index in [2.05, 4.69) is 21.2 Å². The predicted octanol–water partition coefficient (Wildman–Crippen LogP) is 4.50. The van der Waals surface area contributed by atoms with Gasteiger partial charge in [0, 0.05) is 28.8 Å². The van der Waals surface area contributed by atoms with Crippen molar-refractivity contribution in [2.24, 2.45) is 5.92 Å². The Morgan fingerprint density at radius 1 is 1.09 bits per heavy atom. The lowest BCUT2D eigenvalue weighted by atomic mass is 10.1. The number of aryl methyl sites for hydroxylation is 1. The number of unbranched alkanes of at least 4 members (excludes halogenated alkanes) is 1. The largest absolute Gasteiger partial charge is 0.462 e. The summed E-state index contributed by atoms with van der Waals surface area (Å²) in [4.78, 5) is 50.8. The van der Waals surface area contributed by atoms with Crippen molar-refractivity contribution in [2.45, 2.75) is 39.5 Å². The van der Waals surface area contributed by atoms with Crippen LogP contribution in [-0.2, 0) is 30.3 Å². The third kappa shape index (κ3) is 7.14. The van der Waals surface area contributed by atoms with Gasteiger partial charge in [0.25, 0.3) is 5.91 Å². The van der Waals surface area contributed by atoms with Gasteiger partial charge in [-0.3, -0.25) is 14.4 Å². The van der Waals surface area contributed by atoms with Gasteiger partial charge in [0.2, 0.25) is 5.91 Å². The minimum absolute atomic E-state index is 0.00599. The van der Waals surface area contributed by atoms with Gasteiger partial charge in [-0.05, 0) is 60.9 Å². The Hall–Kier alpha value is -3.20. The monoisotopic (exact) mass is 544 g/mol. The molecular formula is C26H29BrN2O6. The fourth-order valence-corrected chi connectivity index (χ4v) is 4.11. The SMILES string of the molecule is CCCCOC(=O)c1ccc(N2C[C@@H](C(=O)OCC(=O)Nc3ccc(Br)cc3CC)CC2=O)cc1. The van der Waals surface area contributed by atoms with E-state index in [1.54, 1.807) is 30.3 Å². The fourth-order valence-electron chi connectivity index (χ4n) is 3.70. The van der Waals surface area contributed by atoms with Gasteiger partial charge in [0.05, 0.1) is 18.1 Å². The van der Waals surface area contributed by atoms with E-state index in [4.69, 9.17) is 9.47 Å². The second-order valence-corrected chi connectivity index (χ2v) is 9.17. The van der Waals surface area contributed by atoms with Crippen molar-refractivity contribution in [3.63, 3.8) is 0 Å². The van der Waals surface area contributed by atoms with Gasteiger partial charge in [0.15, 0.2) is 6.61 Å². The molecule has 0 bridgehead atoms. The molecule has 0 spiro atoms. The first-order chi connectivity index (χ1) is 16.8. The van der Waals surface area contributed by atoms with Crippen LogP contribution in [0.15, 0.2) is 46.9 Å². The molecule has 2 aromatic rings. The van der Waals surface area contributed by atoms with Gasteiger partial charge < -0.3 is 19.7 Å². The second kappa shape index (κ2) is 12.5. The average molecular weight is 545 g/mol. The van der Waals surface area contributed by atoms with Crippen molar-refractivity contribution >= 4 is 51.1 Å². The molecule has 35 heavy (non-hydrogen) atoms. The maximum Gasteiger partial charge on any atom is 0.338 e. The molecule has 0 saturated carbocycles. The summed E-state index contributed by atoms with van der Waals surface area (Å²) in [6.45, 7) is 4.07. The highest BCUT2D eigenvalue weighted by molar-refractivity contribution is 9.10. The third-order valence-electron chi connectivity index (χ3n) is 5.67.